The van der Waals surface area contributed by atoms with Crippen molar-refractivity contribution in [2.75, 3.05) is 61.2 Å². The van der Waals surface area contributed by atoms with E-state index in [2.05, 4.69) is 68.6 Å². The molecule has 2 aromatic carbocycles. The van der Waals surface area contributed by atoms with Gasteiger partial charge in [-0.05, 0) is 35.9 Å². The summed E-state index contributed by atoms with van der Waals surface area (Å²) in [7, 11) is 0. The summed E-state index contributed by atoms with van der Waals surface area (Å²) in [6.07, 6.45) is 2.79. The lowest BCUT2D eigenvalue weighted by Crippen LogP contribution is -2.47. The Morgan fingerprint density at radius 2 is 1.78 bits per heavy atom. The Kier molecular flexibility index (Phi) is 6.42. The van der Waals surface area contributed by atoms with Crippen LogP contribution in [0.3, 0.4) is 0 Å². The topological polar surface area (TPSA) is 92.8 Å². The fraction of sp³-hybridized carbons (Fsp3) is 0.333. The number of hydrogen-bond acceptors (Lipinski definition) is 8. The smallest absolute Gasteiger partial charge is 0.231 e. The zero-order valence-electron chi connectivity index (χ0n) is 20.2. The summed E-state index contributed by atoms with van der Waals surface area (Å²) in [6, 6.07) is 20.9. The van der Waals surface area contributed by atoms with Crippen LogP contribution in [0.4, 0.5) is 23.1 Å². The second-order valence-electron chi connectivity index (χ2n) is 9.21. The Bertz CT molecular complexity index is 1290. The van der Waals surface area contributed by atoms with Gasteiger partial charge < -0.3 is 20.3 Å². The number of H-pyrrole nitrogens is 1. The van der Waals surface area contributed by atoms with Crippen LogP contribution in [-0.2, 0) is 4.84 Å². The van der Waals surface area contributed by atoms with E-state index in [1.807, 2.05) is 23.4 Å². The predicted octanol–water partition coefficient (Wildman–Crippen LogP) is 3.70. The molecule has 0 saturated carbocycles. The van der Waals surface area contributed by atoms with Crippen LogP contribution < -0.4 is 15.3 Å². The molecule has 0 unspecified atom stereocenters. The summed E-state index contributed by atoms with van der Waals surface area (Å²) in [5, 5.41) is 15.4. The van der Waals surface area contributed by atoms with Crippen molar-refractivity contribution in [3.8, 4) is 0 Å². The van der Waals surface area contributed by atoms with E-state index in [1.165, 1.54) is 11.3 Å². The van der Waals surface area contributed by atoms with Crippen LogP contribution in [0.15, 0.2) is 66.9 Å². The molecule has 0 amide bonds. The lowest BCUT2D eigenvalue weighted by molar-refractivity contribution is 0.157. The van der Waals surface area contributed by atoms with Gasteiger partial charge in [0.15, 0.2) is 5.82 Å². The van der Waals surface area contributed by atoms with Gasteiger partial charge in [0.1, 0.15) is 5.65 Å². The third kappa shape index (κ3) is 4.60. The number of anilines is 4. The molecule has 6 rings (SSSR count). The van der Waals surface area contributed by atoms with E-state index in [-0.39, 0.29) is 12.6 Å². The maximum absolute atomic E-state index is 9.16. The maximum atomic E-state index is 9.16. The van der Waals surface area contributed by atoms with Gasteiger partial charge in [-0.1, -0.05) is 30.3 Å². The number of aromatic amines is 1. The first-order valence-corrected chi connectivity index (χ1v) is 12.6. The Balaban J connectivity index is 1.21. The predicted molar refractivity (Wildman–Crippen MR) is 142 cm³/mol. The van der Waals surface area contributed by atoms with Crippen molar-refractivity contribution < 1.29 is 9.94 Å². The second kappa shape index (κ2) is 10.1. The Hall–Kier alpha value is -3.66. The van der Waals surface area contributed by atoms with Crippen LogP contribution in [0.2, 0.25) is 0 Å². The molecule has 4 aromatic rings. The van der Waals surface area contributed by atoms with Crippen molar-refractivity contribution in [3.05, 3.63) is 72.4 Å². The summed E-state index contributed by atoms with van der Waals surface area (Å²) < 4.78 is 0. The van der Waals surface area contributed by atoms with Crippen molar-refractivity contribution in [2.24, 2.45) is 0 Å². The van der Waals surface area contributed by atoms with E-state index in [4.69, 9.17) is 19.9 Å². The number of nitrogens with one attached hydrogen (secondary N) is 2. The highest BCUT2D eigenvalue weighted by Crippen LogP contribution is 2.37. The normalized spacial score (nSPS) is 18.8. The minimum Gasteiger partial charge on any atom is -0.395 e. The summed E-state index contributed by atoms with van der Waals surface area (Å²) in [6.45, 7) is 5.47. The molecule has 0 spiro atoms. The van der Waals surface area contributed by atoms with Gasteiger partial charge >= 0.3 is 0 Å². The average molecular weight is 486 g/mol. The van der Waals surface area contributed by atoms with Gasteiger partial charge in [-0.25, -0.2) is 5.06 Å². The molecule has 9 heteroatoms. The van der Waals surface area contributed by atoms with E-state index in [9.17, 15) is 0 Å². The van der Waals surface area contributed by atoms with Crippen LogP contribution in [0.5, 0.6) is 0 Å². The fourth-order valence-electron chi connectivity index (χ4n) is 5.06. The number of aliphatic hydroxyl groups excluding tert-OH is 1. The number of benzene rings is 2. The van der Waals surface area contributed by atoms with Gasteiger partial charge in [0, 0.05) is 56.7 Å². The van der Waals surface area contributed by atoms with Crippen LogP contribution in [-0.4, -0.2) is 70.9 Å². The Labute approximate surface area is 210 Å². The zero-order chi connectivity index (χ0) is 24.3. The molecular formula is C27H31N7O2. The summed E-state index contributed by atoms with van der Waals surface area (Å²) in [5.74, 6) is 1.28. The van der Waals surface area contributed by atoms with Crippen molar-refractivity contribution in [2.45, 2.75) is 12.5 Å². The number of fused-ring (bicyclic) bond motifs is 1. The largest absolute Gasteiger partial charge is 0.395 e. The van der Waals surface area contributed by atoms with Gasteiger partial charge in [-0.15, -0.1) is 0 Å². The van der Waals surface area contributed by atoms with E-state index in [0.29, 0.717) is 12.6 Å². The first-order chi connectivity index (χ1) is 17.8. The number of aliphatic hydroxyl groups is 1. The number of rotatable bonds is 7. The maximum Gasteiger partial charge on any atom is 0.231 e. The number of nitrogens with zero attached hydrogens (tertiary/aromatic N) is 5. The van der Waals surface area contributed by atoms with Crippen molar-refractivity contribution >= 4 is 34.2 Å². The first kappa shape index (κ1) is 22.8. The van der Waals surface area contributed by atoms with E-state index < -0.39 is 0 Å². The quantitative estimate of drug-likeness (QED) is 0.365. The number of hydrogen-bond donors (Lipinski definition) is 3. The lowest BCUT2D eigenvalue weighted by atomic mass is 10.0. The number of hydroxylamine groups is 1. The molecular weight excluding hydrogens is 454 g/mol. The first-order valence-electron chi connectivity index (χ1n) is 12.6. The Morgan fingerprint density at radius 1 is 0.972 bits per heavy atom. The van der Waals surface area contributed by atoms with E-state index in [1.54, 1.807) is 0 Å². The summed E-state index contributed by atoms with van der Waals surface area (Å²) >= 11 is 0. The standard InChI is InChI=1S/C27H31N7O2/c35-18-17-32-13-15-33(16-14-32)22-8-6-21(7-9-22)29-27-30-25-23(10-12-28-25)26(31-27)34-24(11-19-36-34)20-4-2-1-3-5-20/h1-10,12,24,35H,11,13-19H2,(H2,28,29,30,31)/t24-/m0/s1. The molecule has 2 saturated heterocycles. The molecule has 2 aliphatic heterocycles. The molecule has 2 aromatic heterocycles. The van der Waals surface area contributed by atoms with Gasteiger partial charge in [0.05, 0.1) is 24.6 Å². The third-order valence-corrected chi connectivity index (χ3v) is 6.97. The average Bonchev–Trinajstić information content (AvgIpc) is 3.60. The Morgan fingerprint density at radius 3 is 2.56 bits per heavy atom. The van der Waals surface area contributed by atoms with E-state index >= 15 is 0 Å². The molecule has 2 aliphatic rings. The molecule has 186 valence electrons. The molecule has 0 aliphatic carbocycles. The van der Waals surface area contributed by atoms with Crippen molar-refractivity contribution in [1.82, 2.24) is 19.9 Å². The highest BCUT2D eigenvalue weighted by molar-refractivity contribution is 5.88. The number of β-amino-alcohol motifs (C(OH)–C–C–N with tert-alkyl or cyclic N) is 1. The molecule has 4 heterocycles. The van der Waals surface area contributed by atoms with Crippen LogP contribution in [0.1, 0.15) is 18.0 Å². The molecule has 9 nitrogen and oxygen atoms in total. The van der Waals surface area contributed by atoms with Crippen LogP contribution in [0.25, 0.3) is 11.0 Å². The van der Waals surface area contributed by atoms with Gasteiger partial charge in [-0.2, -0.15) is 9.97 Å². The second-order valence-corrected chi connectivity index (χ2v) is 9.21. The zero-order valence-corrected chi connectivity index (χ0v) is 20.2. The summed E-state index contributed by atoms with van der Waals surface area (Å²) in [4.78, 5) is 23.6. The number of aromatic nitrogens is 3. The monoisotopic (exact) mass is 485 g/mol. The van der Waals surface area contributed by atoms with Crippen molar-refractivity contribution in [3.63, 3.8) is 0 Å². The molecule has 0 bridgehead atoms. The summed E-state index contributed by atoms with van der Waals surface area (Å²) in [5.41, 5.74) is 4.10. The molecule has 36 heavy (non-hydrogen) atoms. The minimum absolute atomic E-state index is 0.101. The van der Waals surface area contributed by atoms with Crippen LogP contribution in [0, 0.1) is 0 Å². The lowest BCUT2D eigenvalue weighted by Gasteiger charge is -2.35. The van der Waals surface area contributed by atoms with Gasteiger partial charge in [-0.3, -0.25) is 9.74 Å². The van der Waals surface area contributed by atoms with E-state index in [0.717, 1.165) is 61.7 Å². The SMILES string of the molecule is OCCN1CCN(c2ccc(Nc3nc(N4OCC[C@H]4c4ccccc4)c4cc[nH]c4n3)cc2)CC1. The molecule has 1 atom stereocenters. The fourth-order valence-corrected chi connectivity index (χ4v) is 5.06. The minimum atomic E-state index is 0.101. The van der Waals surface area contributed by atoms with Crippen molar-refractivity contribution in [1.29, 1.82) is 0 Å². The highest BCUT2D eigenvalue weighted by atomic mass is 16.7. The van der Waals surface area contributed by atoms with Gasteiger partial charge in [0.25, 0.3) is 0 Å². The van der Waals surface area contributed by atoms with Gasteiger partial charge in [0.2, 0.25) is 5.95 Å². The molecule has 2 fully saturated rings. The van der Waals surface area contributed by atoms with Crippen LogP contribution >= 0.6 is 0 Å². The third-order valence-electron chi connectivity index (χ3n) is 6.97. The molecule has 0 radical (unpaired) electrons. The molecule has 3 N–H and O–H groups in total. The highest BCUT2D eigenvalue weighted by Gasteiger charge is 2.31. The number of piperazine rings is 1.